The Morgan fingerprint density at radius 3 is 2.71 bits per heavy atom. The number of hydrogen-bond donors (Lipinski definition) is 0. The van der Waals surface area contributed by atoms with Gasteiger partial charge < -0.3 is 9.47 Å². The van der Waals surface area contributed by atoms with E-state index in [0.29, 0.717) is 11.2 Å². The van der Waals surface area contributed by atoms with Crippen LogP contribution < -0.4 is 0 Å². The zero-order valence-electron chi connectivity index (χ0n) is 11.7. The summed E-state index contributed by atoms with van der Waals surface area (Å²) in [5.74, 6) is -0.503. The Kier molecular flexibility index (Phi) is 4.38. The minimum atomic E-state index is -4.37. The van der Waals surface area contributed by atoms with Gasteiger partial charge in [0.15, 0.2) is 4.77 Å². The van der Waals surface area contributed by atoms with Crippen LogP contribution in [0.3, 0.4) is 0 Å². The quantitative estimate of drug-likeness (QED) is 0.776. The molecule has 0 N–H and O–H groups in total. The summed E-state index contributed by atoms with van der Waals surface area (Å²) in [5.41, 5.74) is 0. The van der Waals surface area contributed by atoms with Gasteiger partial charge in [-0.15, -0.1) is 0 Å². The van der Waals surface area contributed by atoms with Crippen LogP contribution in [0.1, 0.15) is 6.42 Å². The normalized spacial score (nSPS) is 19.8. The molecule has 1 amide bonds. The third-order valence-corrected chi connectivity index (χ3v) is 3.91. The number of rotatable bonds is 4. The Balaban J connectivity index is 2.01. The third-order valence-electron chi connectivity index (χ3n) is 3.42. The van der Waals surface area contributed by atoms with Gasteiger partial charge in [0.2, 0.25) is 5.91 Å². The molecule has 0 unspecified atom stereocenters. The maximum atomic E-state index is 12.4. The van der Waals surface area contributed by atoms with Crippen molar-refractivity contribution in [1.82, 2.24) is 24.1 Å². The van der Waals surface area contributed by atoms with Crippen molar-refractivity contribution >= 4 is 18.1 Å². The van der Waals surface area contributed by atoms with Gasteiger partial charge in [0.05, 0.1) is 12.7 Å². The zero-order valence-corrected chi connectivity index (χ0v) is 12.5. The molecular formula is C11H16F3N5OS. The number of likely N-dealkylation sites (N-methyl/N-ethyl adjacent to an activating group) is 1. The highest BCUT2D eigenvalue weighted by atomic mass is 32.1. The van der Waals surface area contributed by atoms with E-state index in [1.807, 2.05) is 0 Å². The average Bonchev–Trinajstić information content (AvgIpc) is 2.86. The highest BCUT2D eigenvalue weighted by Gasteiger charge is 2.40. The predicted octanol–water partition coefficient (Wildman–Crippen LogP) is 1.00. The van der Waals surface area contributed by atoms with Gasteiger partial charge in [0.25, 0.3) is 0 Å². The van der Waals surface area contributed by atoms with E-state index in [2.05, 4.69) is 5.10 Å². The second-order valence-corrected chi connectivity index (χ2v) is 5.47. The molecule has 10 heteroatoms. The summed E-state index contributed by atoms with van der Waals surface area (Å²) in [7, 11) is 3.42. The van der Waals surface area contributed by atoms with Crippen molar-refractivity contribution < 1.29 is 18.0 Å². The molecule has 1 aliphatic rings. The first-order chi connectivity index (χ1) is 9.69. The number of hydrogen-bond acceptors (Lipinski definition) is 4. The topological polar surface area (TPSA) is 46.3 Å². The number of carbonyl (C=O) groups excluding carboxylic acids is 1. The Bertz CT molecular complexity index is 581. The second kappa shape index (κ2) is 5.76. The largest absolute Gasteiger partial charge is 0.406 e. The SMILES string of the molecule is CN(Cn1ncn(C)c1=S)[C@H]1CCN(CC(F)(F)F)C1=O. The standard InChI is InChI=1S/C11H16F3N5OS/c1-16-6-15-19(10(16)21)7-17(2)8-3-4-18(9(8)20)5-11(12,13)14/h6,8H,3-5,7H2,1-2H3/t8-/m0/s1. The number of alkyl halides is 3. The van der Waals surface area contributed by atoms with Crippen molar-refractivity contribution in [2.45, 2.75) is 25.3 Å². The van der Waals surface area contributed by atoms with E-state index in [1.165, 1.54) is 4.68 Å². The van der Waals surface area contributed by atoms with Gasteiger partial charge in [-0.2, -0.15) is 18.3 Å². The van der Waals surface area contributed by atoms with E-state index in [-0.39, 0.29) is 13.2 Å². The Morgan fingerprint density at radius 2 is 2.19 bits per heavy atom. The molecular weight excluding hydrogens is 307 g/mol. The summed E-state index contributed by atoms with van der Waals surface area (Å²) in [5, 5.41) is 4.06. The van der Waals surface area contributed by atoms with Crippen molar-refractivity contribution in [2.24, 2.45) is 7.05 Å². The van der Waals surface area contributed by atoms with E-state index in [0.717, 1.165) is 4.90 Å². The van der Waals surface area contributed by atoms with Crippen molar-refractivity contribution in [3.8, 4) is 0 Å². The van der Waals surface area contributed by atoms with Crippen LogP contribution in [0.25, 0.3) is 0 Å². The fourth-order valence-corrected chi connectivity index (χ4v) is 2.48. The van der Waals surface area contributed by atoms with Crippen molar-refractivity contribution in [3.63, 3.8) is 0 Å². The van der Waals surface area contributed by atoms with Crippen LogP contribution >= 0.6 is 12.2 Å². The molecule has 1 saturated heterocycles. The van der Waals surface area contributed by atoms with E-state index in [9.17, 15) is 18.0 Å². The molecule has 2 rings (SSSR count). The van der Waals surface area contributed by atoms with Crippen molar-refractivity contribution in [2.75, 3.05) is 20.1 Å². The van der Waals surface area contributed by atoms with Gasteiger partial charge in [-0.25, -0.2) is 4.68 Å². The summed E-state index contributed by atoms with van der Waals surface area (Å²) in [6.45, 7) is -0.823. The summed E-state index contributed by atoms with van der Waals surface area (Å²) in [6, 6.07) is -0.573. The van der Waals surface area contributed by atoms with Crippen molar-refractivity contribution in [1.29, 1.82) is 0 Å². The lowest BCUT2D eigenvalue weighted by Gasteiger charge is -2.23. The van der Waals surface area contributed by atoms with Crippen LogP contribution in [0.15, 0.2) is 6.33 Å². The highest BCUT2D eigenvalue weighted by Crippen LogP contribution is 2.23. The number of likely N-dealkylation sites (tertiary alicyclic amines) is 1. The summed E-state index contributed by atoms with van der Waals surface area (Å²) in [4.78, 5) is 14.5. The maximum Gasteiger partial charge on any atom is 0.406 e. The molecule has 0 spiro atoms. The van der Waals surface area contributed by atoms with Gasteiger partial charge in [0, 0.05) is 13.6 Å². The predicted molar refractivity (Wildman–Crippen MR) is 70.8 cm³/mol. The molecule has 118 valence electrons. The van der Waals surface area contributed by atoms with E-state index in [1.54, 1.807) is 29.9 Å². The molecule has 1 aliphatic heterocycles. The molecule has 0 aromatic carbocycles. The van der Waals surface area contributed by atoms with Crippen LogP contribution in [-0.2, 0) is 18.5 Å². The van der Waals surface area contributed by atoms with E-state index in [4.69, 9.17) is 12.2 Å². The van der Waals surface area contributed by atoms with Crippen LogP contribution in [0.2, 0.25) is 0 Å². The van der Waals surface area contributed by atoms with Crippen LogP contribution in [-0.4, -0.2) is 62.4 Å². The maximum absolute atomic E-state index is 12.4. The molecule has 1 aromatic heterocycles. The van der Waals surface area contributed by atoms with Crippen LogP contribution in [0, 0.1) is 4.77 Å². The lowest BCUT2D eigenvalue weighted by Crippen LogP contribution is -2.43. The molecule has 0 bridgehead atoms. The first-order valence-electron chi connectivity index (χ1n) is 6.33. The molecule has 1 aromatic rings. The Morgan fingerprint density at radius 1 is 1.52 bits per heavy atom. The first kappa shape index (κ1) is 16.0. The Hall–Kier alpha value is -1.42. The zero-order chi connectivity index (χ0) is 15.8. The lowest BCUT2D eigenvalue weighted by atomic mass is 10.2. The van der Waals surface area contributed by atoms with Gasteiger partial charge in [0.1, 0.15) is 12.9 Å². The fourth-order valence-electron chi connectivity index (χ4n) is 2.33. The number of carbonyl (C=O) groups is 1. The fraction of sp³-hybridized carbons (Fsp3) is 0.727. The molecule has 0 saturated carbocycles. The number of nitrogens with zero attached hydrogens (tertiary/aromatic N) is 5. The van der Waals surface area contributed by atoms with E-state index >= 15 is 0 Å². The Labute approximate surface area is 124 Å². The van der Waals surface area contributed by atoms with Gasteiger partial charge >= 0.3 is 6.18 Å². The molecule has 1 atom stereocenters. The molecule has 1 fully saturated rings. The summed E-state index contributed by atoms with van der Waals surface area (Å²) < 4.78 is 40.8. The summed E-state index contributed by atoms with van der Waals surface area (Å²) in [6.07, 6.45) is -2.46. The van der Waals surface area contributed by atoms with E-state index < -0.39 is 24.7 Å². The smallest absolute Gasteiger partial charge is 0.332 e. The summed E-state index contributed by atoms with van der Waals surface area (Å²) >= 11 is 5.14. The van der Waals surface area contributed by atoms with Gasteiger partial charge in [-0.1, -0.05) is 0 Å². The van der Waals surface area contributed by atoms with Crippen LogP contribution in [0.5, 0.6) is 0 Å². The minimum absolute atomic E-state index is 0.112. The molecule has 0 radical (unpaired) electrons. The number of aromatic nitrogens is 3. The third kappa shape index (κ3) is 3.62. The van der Waals surface area contributed by atoms with Gasteiger partial charge in [-0.05, 0) is 25.7 Å². The second-order valence-electron chi connectivity index (χ2n) is 5.10. The number of halogens is 3. The molecule has 21 heavy (non-hydrogen) atoms. The number of amides is 1. The van der Waals surface area contributed by atoms with Gasteiger partial charge in [-0.3, -0.25) is 9.69 Å². The number of aryl methyl sites for hydroxylation is 1. The monoisotopic (exact) mass is 323 g/mol. The first-order valence-corrected chi connectivity index (χ1v) is 6.74. The van der Waals surface area contributed by atoms with Crippen LogP contribution in [0.4, 0.5) is 13.2 Å². The molecule has 2 heterocycles. The lowest BCUT2D eigenvalue weighted by molar-refractivity contribution is -0.159. The van der Waals surface area contributed by atoms with Crippen molar-refractivity contribution in [3.05, 3.63) is 11.1 Å². The molecule has 6 nitrogen and oxygen atoms in total. The molecule has 0 aliphatic carbocycles. The minimum Gasteiger partial charge on any atom is -0.332 e. The highest BCUT2D eigenvalue weighted by molar-refractivity contribution is 7.71. The average molecular weight is 323 g/mol.